The highest BCUT2D eigenvalue weighted by molar-refractivity contribution is 8.15. The maximum atomic E-state index is 12.9. The third kappa shape index (κ3) is 5.14. The summed E-state index contributed by atoms with van der Waals surface area (Å²) >= 11 is 1.00. The van der Waals surface area contributed by atoms with Crippen molar-refractivity contribution < 1.29 is 27.2 Å². The fraction of sp³-hybridized carbons (Fsp3) is 0.211. The largest absolute Gasteiger partial charge is 0.416 e. The van der Waals surface area contributed by atoms with E-state index in [9.17, 15) is 27.2 Å². The van der Waals surface area contributed by atoms with Crippen LogP contribution in [-0.2, 0) is 15.8 Å². The number of hydrogen-bond acceptors (Lipinski definition) is 4. The minimum atomic E-state index is -4.50. The summed E-state index contributed by atoms with van der Waals surface area (Å²) in [7, 11) is 1.44. The Morgan fingerprint density at radius 2 is 1.90 bits per heavy atom. The van der Waals surface area contributed by atoms with E-state index in [1.54, 1.807) is 0 Å². The highest BCUT2D eigenvalue weighted by Gasteiger charge is 2.37. The Kier molecular flexibility index (Phi) is 5.92. The SMILES string of the molecule is CN1C(=O)[C@@H](CC(=O)Nc2ccc(F)cc2)SC1=Nc1cccc(C(F)(F)F)c1. The molecule has 0 spiro atoms. The minimum absolute atomic E-state index is 0.0541. The van der Waals surface area contributed by atoms with E-state index in [-0.39, 0.29) is 23.2 Å². The van der Waals surface area contributed by atoms with Gasteiger partial charge in [-0.25, -0.2) is 9.38 Å². The van der Waals surface area contributed by atoms with Gasteiger partial charge in [0.05, 0.1) is 11.3 Å². The number of alkyl halides is 3. The van der Waals surface area contributed by atoms with Crippen molar-refractivity contribution in [1.82, 2.24) is 4.90 Å². The van der Waals surface area contributed by atoms with Gasteiger partial charge in [-0.1, -0.05) is 17.8 Å². The van der Waals surface area contributed by atoms with Crippen molar-refractivity contribution in [2.75, 3.05) is 12.4 Å². The first-order valence-corrected chi connectivity index (χ1v) is 9.27. The van der Waals surface area contributed by atoms with Crippen molar-refractivity contribution in [3.05, 3.63) is 59.9 Å². The van der Waals surface area contributed by atoms with E-state index < -0.39 is 28.7 Å². The summed E-state index contributed by atoms with van der Waals surface area (Å²) in [6, 6.07) is 9.63. The minimum Gasteiger partial charge on any atom is -0.326 e. The van der Waals surface area contributed by atoms with Gasteiger partial charge in [0.2, 0.25) is 11.8 Å². The lowest BCUT2D eigenvalue weighted by Gasteiger charge is -2.10. The number of nitrogens with zero attached hydrogens (tertiary/aromatic N) is 2. The van der Waals surface area contributed by atoms with E-state index in [1.165, 1.54) is 48.3 Å². The van der Waals surface area contributed by atoms with Crippen molar-refractivity contribution in [3.63, 3.8) is 0 Å². The van der Waals surface area contributed by atoms with Crippen LogP contribution in [0.5, 0.6) is 0 Å². The molecule has 1 saturated heterocycles. The van der Waals surface area contributed by atoms with Gasteiger partial charge in [0, 0.05) is 19.2 Å². The molecular formula is C19H15F4N3O2S. The molecule has 29 heavy (non-hydrogen) atoms. The number of amides is 2. The van der Waals surface area contributed by atoms with Crippen LogP contribution in [-0.4, -0.2) is 34.2 Å². The Balaban J connectivity index is 1.70. The number of nitrogens with one attached hydrogen (secondary N) is 1. The molecule has 2 aromatic carbocycles. The molecule has 0 radical (unpaired) electrons. The number of anilines is 1. The summed E-state index contributed by atoms with van der Waals surface area (Å²) in [5.74, 6) is -1.27. The molecule has 3 rings (SSSR count). The second-order valence-corrected chi connectivity index (χ2v) is 7.38. The number of amidine groups is 1. The lowest BCUT2D eigenvalue weighted by atomic mass is 10.2. The van der Waals surface area contributed by atoms with Gasteiger partial charge in [-0.15, -0.1) is 0 Å². The summed E-state index contributed by atoms with van der Waals surface area (Å²) in [4.78, 5) is 29.9. The number of thioether (sulfide) groups is 1. The monoisotopic (exact) mass is 425 g/mol. The molecule has 0 aromatic heterocycles. The van der Waals surface area contributed by atoms with Gasteiger partial charge in [-0.05, 0) is 42.5 Å². The zero-order valence-corrected chi connectivity index (χ0v) is 15.9. The number of carbonyl (C=O) groups excluding carboxylic acids is 2. The molecule has 0 aliphatic carbocycles. The third-order valence-electron chi connectivity index (χ3n) is 4.04. The quantitative estimate of drug-likeness (QED) is 0.737. The second-order valence-electron chi connectivity index (χ2n) is 6.21. The third-order valence-corrected chi connectivity index (χ3v) is 5.27. The van der Waals surface area contributed by atoms with E-state index in [2.05, 4.69) is 10.3 Å². The summed E-state index contributed by atoms with van der Waals surface area (Å²) in [5, 5.41) is 2.01. The average molecular weight is 425 g/mol. The molecule has 0 saturated carbocycles. The first-order chi connectivity index (χ1) is 13.6. The van der Waals surface area contributed by atoms with E-state index in [0.717, 1.165) is 23.9 Å². The smallest absolute Gasteiger partial charge is 0.326 e. The van der Waals surface area contributed by atoms with Crippen LogP contribution >= 0.6 is 11.8 Å². The lowest BCUT2D eigenvalue weighted by molar-refractivity contribution is -0.137. The van der Waals surface area contributed by atoms with Crippen LogP contribution in [0.3, 0.4) is 0 Å². The molecule has 2 aromatic rings. The molecule has 1 fully saturated rings. The molecule has 1 atom stereocenters. The Morgan fingerprint density at radius 3 is 2.55 bits per heavy atom. The number of carbonyl (C=O) groups is 2. The number of hydrogen-bond donors (Lipinski definition) is 1. The van der Waals surface area contributed by atoms with Crippen molar-refractivity contribution in [2.24, 2.45) is 4.99 Å². The topological polar surface area (TPSA) is 61.8 Å². The van der Waals surface area contributed by atoms with Crippen LogP contribution in [0.15, 0.2) is 53.5 Å². The van der Waals surface area contributed by atoms with Crippen molar-refractivity contribution in [1.29, 1.82) is 0 Å². The number of halogens is 4. The van der Waals surface area contributed by atoms with Gasteiger partial charge in [-0.2, -0.15) is 13.2 Å². The summed E-state index contributed by atoms with van der Waals surface area (Å²) in [5.41, 5.74) is -0.400. The van der Waals surface area contributed by atoms with E-state index in [4.69, 9.17) is 0 Å². The molecule has 10 heteroatoms. The van der Waals surface area contributed by atoms with Crippen molar-refractivity contribution in [3.8, 4) is 0 Å². The molecule has 152 valence electrons. The molecular weight excluding hydrogens is 410 g/mol. The Labute approximate surface area is 167 Å². The van der Waals surface area contributed by atoms with Crippen LogP contribution in [0, 0.1) is 5.82 Å². The van der Waals surface area contributed by atoms with Gasteiger partial charge in [0.1, 0.15) is 11.1 Å². The fourth-order valence-corrected chi connectivity index (χ4v) is 3.73. The Morgan fingerprint density at radius 1 is 1.21 bits per heavy atom. The molecule has 2 amide bonds. The predicted molar refractivity (Wildman–Crippen MR) is 102 cm³/mol. The summed E-state index contributed by atoms with van der Waals surface area (Å²) in [6.07, 6.45) is -4.66. The van der Waals surface area contributed by atoms with E-state index in [1.807, 2.05) is 0 Å². The number of benzene rings is 2. The van der Waals surface area contributed by atoms with Gasteiger partial charge < -0.3 is 5.32 Å². The van der Waals surface area contributed by atoms with E-state index in [0.29, 0.717) is 5.69 Å². The fourth-order valence-electron chi connectivity index (χ4n) is 2.57. The number of rotatable bonds is 4. The van der Waals surface area contributed by atoms with Crippen molar-refractivity contribution >= 4 is 40.1 Å². The van der Waals surface area contributed by atoms with Crippen LogP contribution in [0.4, 0.5) is 28.9 Å². The molecule has 1 aliphatic heterocycles. The first kappa shape index (κ1) is 20.8. The predicted octanol–water partition coefficient (Wildman–Crippen LogP) is 4.43. The maximum Gasteiger partial charge on any atom is 0.416 e. The van der Waals surface area contributed by atoms with Gasteiger partial charge >= 0.3 is 6.18 Å². The molecule has 1 aliphatic rings. The molecule has 1 N–H and O–H groups in total. The zero-order chi connectivity index (χ0) is 21.2. The van der Waals surface area contributed by atoms with Crippen LogP contribution < -0.4 is 5.32 Å². The van der Waals surface area contributed by atoms with Crippen LogP contribution in [0.1, 0.15) is 12.0 Å². The first-order valence-electron chi connectivity index (χ1n) is 8.39. The lowest BCUT2D eigenvalue weighted by Crippen LogP contribution is -2.30. The molecule has 0 bridgehead atoms. The molecule has 5 nitrogen and oxygen atoms in total. The number of aliphatic imine (C=N–C) groups is 1. The van der Waals surface area contributed by atoms with Gasteiger partial charge in [0.25, 0.3) is 0 Å². The average Bonchev–Trinajstić information content (AvgIpc) is 2.91. The molecule has 0 unspecified atom stereocenters. The summed E-state index contributed by atoms with van der Waals surface area (Å²) in [6.45, 7) is 0. The second kappa shape index (κ2) is 8.24. The standard InChI is InChI=1S/C19H15F4N3O2S/c1-26-17(28)15(10-16(27)24-13-7-5-12(20)6-8-13)29-18(26)25-14-4-2-3-11(9-14)19(21,22)23/h2-9,15H,10H2,1H3,(H,24,27)/t15-/m1/s1. The van der Waals surface area contributed by atoms with E-state index >= 15 is 0 Å². The normalized spacial score (nSPS) is 18.4. The van der Waals surface area contributed by atoms with Crippen molar-refractivity contribution in [2.45, 2.75) is 17.8 Å². The van der Waals surface area contributed by atoms with Gasteiger partial charge in [-0.3, -0.25) is 14.5 Å². The Hall–Kier alpha value is -2.88. The highest BCUT2D eigenvalue weighted by atomic mass is 32.2. The van der Waals surface area contributed by atoms with Gasteiger partial charge in [0.15, 0.2) is 5.17 Å². The molecule has 1 heterocycles. The maximum absolute atomic E-state index is 12.9. The van der Waals surface area contributed by atoms with Crippen LogP contribution in [0.2, 0.25) is 0 Å². The van der Waals surface area contributed by atoms with Crippen LogP contribution in [0.25, 0.3) is 0 Å². The highest BCUT2D eigenvalue weighted by Crippen LogP contribution is 2.34. The summed E-state index contributed by atoms with van der Waals surface area (Å²) < 4.78 is 51.4. The zero-order valence-electron chi connectivity index (χ0n) is 15.0. The Bertz CT molecular complexity index is 961.